The lowest BCUT2D eigenvalue weighted by atomic mass is 9.94. The van der Waals surface area contributed by atoms with Gasteiger partial charge in [0.25, 0.3) is 0 Å². The lowest BCUT2D eigenvalue weighted by Gasteiger charge is -2.14. The number of carbonyl (C=O) groups excluding carboxylic acids is 2. The van der Waals surface area contributed by atoms with E-state index in [1.54, 1.807) is 12.1 Å². The maximum Gasteiger partial charge on any atom is 0.197 e. The zero-order valence-electron chi connectivity index (χ0n) is 14.0. The van der Waals surface area contributed by atoms with Crippen LogP contribution in [-0.2, 0) is 0 Å². The smallest absolute Gasteiger partial charge is 0.197 e. The molecule has 0 saturated heterocycles. The minimum absolute atomic E-state index is 0.215. The predicted octanol–water partition coefficient (Wildman–Crippen LogP) is 4.26. The zero-order chi connectivity index (χ0) is 17.3. The van der Waals surface area contributed by atoms with Gasteiger partial charge in [-0.1, -0.05) is 0 Å². The maximum absolute atomic E-state index is 12.8. The van der Waals surface area contributed by atoms with Crippen LogP contribution in [0, 0.1) is 38.0 Å². The minimum Gasteiger partial charge on any atom is -0.346 e. The summed E-state index contributed by atoms with van der Waals surface area (Å²) in [5.41, 5.74) is 2.22. The average Bonchev–Trinajstić information content (AvgIpc) is 3.03. The van der Waals surface area contributed by atoms with E-state index in [1.165, 1.54) is 11.3 Å². The number of carbonyl (C=O) groups is 2. The summed E-state index contributed by atoms with van der Waals surface area (Å²) in [5.74, 6) is -2.11. The first-order valence-corrected chi connectivity index (χ1v) is 8.32. The first-order valence-electron chi connectivity index (χ1n) is 7.50. The van der Waals surface area contributed by atoms with E-state index in [4.69, 9.17) is 0 Å². The molecule has 0 aliphatic carbocycles. The Morgan fingerprint density at radius 3 is 2.26 bits per heavy atom. The molecule has 5 heteroatoms. The highest BCUT2D eigenvalue weighted by Crippen LogP contribution is 2.25. The molecular formula is C18H20N2O2S. The van der Waals surface area contributed by atoms with Gasteiger partial charge in [0.1, 0.15) is 0 Å². The van der Waals surface area contributed by atoms with Gasteiger partial charge in [-0.2, -0.15) is 5.26 Å². The zero-order valence-corrected chi connectivity index (χ0v) is 14.8. The van der Waals surface area contributed by atoms with Crippen LogP contribution in [0.15, 0.2) is 18.2 Å². The number of aromatic nitrogens is 1. The first kappa shape index (κ1) is 17.2. The van der Waals surface area contributed by atoms with E-state index in [1.807, 2.05) is 51.3 Å². The average molecular weight is 328 g/mol. The predicted molar refractivity (Wildman–Crippen MR) is 91.1 cm³/mol. The van der Waals surface area contributed by atoms with Crippen LogP contribution in [0.2, 0.25) is 0 Å². The summed E-state index contributed by atoms with van der Waals surface area (Å²) >= 11 is 1.31. The van der Waals surface area contributed by atoms with Gasteiger partial charge in [0.15, 0.2) is 17.5 Å². The van der Waals surface area contributed by atoms with Gasteiger partial charge >= 0.3 is 0 Å². The van der Waals surface area contributed by atoms with Crippen molar-refractivity contribution in [3.63, 3.8) is 0 Å². The van der Waals surface area contributed by atoms with E-state index in [-0.39, 0.29) is 6.04 Å². The second-order valence-corrected chi connectivity index (χ2v) is 7.24. The van der Waals surface area contributed by atoms with Crippen LogP contribution in [0.5, 0.6) is 0 Å². The quantitative estimate of drug-likeness (QED) is 0.608. The molecule has 0 aromatic carbocycles. The Hall–Kier alpha value is -2.19. The molecule has 120 valence electrons. The van der Waals surface area contributed by atoms with E-state index < -0.39 is 17.5 Å². The highest BCUT2D eigenvalue weighted by atomic mass is 32.1. The van der Waals surface area contributed by atoms with Gasteiger partial charge in [0, 0.05) is 27.9 Å². The van der Waals surface area contributed by atoms with Crippen molar-refractivity contribution in [3.8, 4) is 6.07 Å². The number of nitrogens with zero attached hydrogens (tertiary/aromatic N) is 2. The molecule has 0 fully saturated rings. The number of nitriles is 1. The molecule has 4 nitrogen and oxygen atoms in total. The van der Waals surface area contributed by atoms with Crippen molar-refractivity contribution in [2.24, 2.45) is 5.92 Å². The second kappa shape index (κ2) is 6.51. The van der Waals surface area contributed by atoms with E-state index in [0.29, 0.717) is 10.4 Å². The number of ketones is 2. The fourth-order valence-electron chi connectivity index (χ4n) is 2.92. The highest BCUT2D eigenvalue weighted by molar-refractivity contribution is 7.14. The molecule has 1 unspecified atom stereocenters. The topological polar surface area (TPSA) is 62.9 Å². The SMILES string of the molecule is Cc1ccc(C(=O)C(C#N)C(=O)c2cc(C)n(C(C)C)c2C)s1. The Morgan fingerprint density at radius 2 is 1.83 bits per heavy atom. The third kappa shape index (κ3) is 3.13. The fraction of sp³-hybridized carbons (Fsp3) is 0.389. The number of hydrogen-bond donors (Lipinski definition) is 0. The number of aryl methyl sites for hydroxylation is 2. The van der Waals surface area contributed by atoms with Crippen LogP contribution in [0.1, 0.15) is 56.2 Å². The maximum atomic E-state index is 12.8. The number of thiophene rings is 1. The van der Waals surface area contributed by atoms with Crippen molar-refractivity contribution < 1.29 is 9.59 Å². The Kier molecular flexibility index (Phi) is 4.86. The molecule has 0 aliphatic heterocycles. The molecular weight excluding hydrogens is 308 g/mol. The largest absolute Gasteiger partial charge is 0.346 e. The van der Waals surface area contributed by atoms with Crippen LogP contribution < -0.4 is 0 Å². The summed E-state index contributed by atoms with van der Waals surface area (Å²) in [7, 11) is 0. The molecule has 0 amide bonds. The van der Waals surface area contributed by atoms with Crippen molar-refractivity contribution in [3.05, 3.63) is 44.9 Å². The van der Waals surface area contributed by atoms with Gasteiger partial charge in [-0.3, -0.25) is 9.59 Å². The number of rotatable bonds is 5. The van der Waals surface area contributed by atoms with E-state index >= 15 is 0 Å². The summed E-state index contributed by atoms with van der Waals surface area (Å²) < 4.78 is 2.04. The third-order valence-electron chi connectivity index (χ3n) is 3.90. The summed E-state index contributed by atoms with van der Waals surface area (Å²) in [4.78, 5) is 26.7. The Bertz CT molecular complexity index is 806. The Balaban J connectivity index is 2.40. The van der Waals surface area contributed by atoms with E-state index in [0.717, 1.165) is 16.3 Å². The molecule has 23 heavy (non-hydrogen) atoms. The summed E-state index contributed by atoms with van der Waals surface area (Å²) in [5, 5.41) is 9.38. The second-order valence-electron chi connectivity index (χ2n) is 5.95. The molecule has 0 saturated carbocycles. The normalized spacial score (nSPS) is 12.2. The van der Waals surface area contributed by atoms with Crippen LogP contribution in [0.3, 0.4) is 0 Å². The van der Waals surface area contributed by atoms with Crippen LogP contribution in [0.25, 0.3) is 0 Å². The van der Waals surface area contributed by atoms with Crippen molar-refractivity contribution >= 4 is 22.9 Å². The van der Waals surface area contributed by atoms with Gasteiger partial charge in [-0.15, -0.1) is 11.3 Å². The molecule has 0 N–H and O–H groups in total. The first-order chi connectivity index (χ1) is 10.8. The number of hydrogen-bond acceptors (Lipinski definition) is 4. The minimum atomic E-state index is -1.28. The molecule has 2 aromatic rings. The third-order valence-corrected chi connectivity index (χ3v) is 4.92. The lowest BCUT2D eigenvalue weighted by Crippen LogP contribution is -2.23. The Labute approximate surface area is 140 Å². The monoisotopic (exact) mass is 328 g/mol. The molecule has 2 rings (SSSR count). The van der Waals surface area contributed by atoms with Gasteiger partial charge in [-0.25, -0.2) is 0 Å². The van der Waals surface area contributed by atoms with Gasteiger partial charge in [-0.05, 0) is 52.8 Å². The molecule has 0 bridgehead atoms. The van der Waals surface area contributed by atoms with Crippen molar-refractivity contribution in [2.75, 3.05) is 0 Å². The molecule has 0 aliphatic rings. The number of Topliss-reactive ketones (excluding diaryl/α,β-unsaturated/α-hetero) is 2. The van der Waals surface area contributed by atoms with Crippen LogP contribution in [-0.4, -0.2) is 16.1 Å². The highest BCUT2D eigenvalue weighted by Gasteiger charge is 2.31. The van der Waals surface area contributed by atoms with E-state index in [9.17, 15) is 14.9 Å². The van der Waals surface area contributed by atoms with E-state index in [2.05, 4.69) is 0 Å². The van der Waals surface area contributed by atoms with Crippen molar-refractivity contribution in [1.82, 2.24) is 4.57 Å². The van der Waals surface area contributed by atoms with Crippen LogP contribution in [0.4, 0.5) is 0 Å². The molecule has 0 spiro atoms. The fourth-order valence-corrected chi connectivity index (χ4v) is 3.76. The van der Waals surface area contributed by atoms with Crippen LogP contribution >= 0.6 is 11.3 Å². The standard InChI is InChI=1S/C18H20N2O2S/c1-10(2)20-11(3)8-14(13(20)5)17(21)15(9-19)18(22)16-7-6-12(4)23-16/h6-8,10,15H,1-5H3. The summed E-state index contributed by atoms with van der Waals surface area (Å²) in [6.07, 6.45) is 0. The molecule has 1 atom stereocenters. The van der Waals surface area contributed by atoms with Gasteiger partial charge < -0.3 is 4.57 Å². The van der Waals surface area contributed by atoms with Crippen molar-refractivity contribution in [2.45, 2.75) is 40.7 Å². The van der Waals surface area contributed by atoms with Gasteiger partial charge in [0.2, 0.25) is 0 Å². The lowest BCUT2D eigenvalue weighted by molar-refractivity contribution is 0.0848. The van der Waals surface area contributed by atoms with Gasteiger partial charge in [0.05, 0.1) is 10.9 Å². The molecule has 2 heterocycles. The van der Waals surface area contributed by atoms with Crippen molar-refractivity contribution in [1.29, 1.82) is 5.26 Å². The summed E-state index contributed by atoms with van der Waals surface area (Å²) in [6.45, 7) is 9.75. The molecule has 0 radical (unpaired) electrons. The molecule has 2 aromatic heterocycles. The Morgan fingerprint density at radius 1 is 1.17 bits per heavy atom. The summed E-state index contributed by atoms with van der Waals surface area (Å²) in [6, 6.07) is 7.38.